The smallest absolute Gasteiger partial charge is 0.325 e. The molecule has 2 heterocycles. The van der Waals surface area contributed by atoms with Gasteiger partial charge in [-0.3, -0.25) is 14.5 Å². The van der Waals surface area contributed by atoms with E-state index >= 15 is 0 Å². The second-order valence-electron chi connectivity index (χ2n) is 7.61. The fraction of sp³-hybridized carbons (Fsp3) is 0.130. The molecule has 2 aromatic heterocycles. The van der Waals surface area contributed by atoms with Crippen molar-refractivity contribution < 1.29 is 35.7 Å². The Morgan fingerprint density at radius 1 is 0.919 bits per heavy atom. The van der Waals surface area contributed by atoms with Gasteiger partial charge in [-0.1, -0.05) is 17.3 Å². The lowest BCUT2D eigenvalue weighted by molar-refractivity contribution is -0.139. The van der Waals surface area contributed by atoms with Gasteiger partial charge in [0, 0.05) is 17.4 Å². The quantitative estimate of drug-likeness (QED) is 0.305. The van der Waals surface area contributed by atoms with Crippen molar-refractivity contribution in [2.45, 2.75) is 18.4 Å². The Hall–Kier alpha value is -4.62. The first kappa shape index (κ1) is 25.5. The molecule has 1 atom stereocenters. The fourth-order valence-corrected chi connectivity index (χ4v) is 3.43. The van der Waals surface area contributed by atoms with Gasteiger partial charge in [-0.2, -0.15) is 26.3 Å². The topological polar surface area (TPSA) is 113 Å². The predicted octanol–water partition coefficient (Wildman–Crippen LogP) is 5.37. The number of aromatic nitrogens is 3. The zero-order chi connectivity index (χ0) is 26.8. The molecular weight excluding hydrogens is 508 g/mol. The van der Waals surface area contributed by atoms with Gasteiger partial charge >= 0.3 is 24.1 Å². The zero-order valence-electron chi connectivity index (χ0n) is 18.3. The Morgan fingerprint density at radius 3 is 2.16 bits per heavy atom. The van der Waals surface area contributed by atoms with Gasteiger partial charge in [0.1, 0.15) is 0 Å². The van der Waals surface area contributed by atoms with Crippen molar-refractivity contribution in [3.63, 3.8) is 0 Å². The van der Waals surface area contributed by atoms with Crippen molar-refractivity contribution in [1.82, 2.24) is 20.4 Å². The molecule has 0 aliphatic heterocycles. The molecule has 2 amide bonds. The summed E-state index contributed by atoms with van der Waals surface area (Å²) in [5, 5.41) is 8.31. The van der Waals surface area contributed by atoms with Crippen molar-refractivity contribution >= 4 is 11.7 Å². The third kappa shape index (κ3) is 5.97. The van der Waals surface area contributed by atoms with Crippen molar-refractivity contribution in [3.05, 3.63) is 99.8 Å². The lowest BCUT2D eigenvalue weighted by Crippen LogP contribution is -2.35. The molecule has 37 heavy (non-hydrogen) atoms. The summed E-state index contributed by atoms with van der Waals surface area (Å²) in [6.45, 7) is 0. The number of halogens is 6. The number of pyridine rings is 1. The summed E-state index contributed by atoms with van der Waals surface area (Å²) in [6.07, 6.45) is -8.43. The summed E-state index contributed by atoms with van der Waals surface area (Å²) in [5.74, 6) is -0.628. The van der Waals surface area contributed by atoms with Crippen LogP contribution in [0.3, 0.4) is 0 Å². The Kier molecular flexibility index (Phi) is 6.74. The van der Waals surface area contributed by atoms with Gasteiger partial charge in [-0.15, -0.1) is 0 Å². The van der Waals surface area contributed by atoms with Crippen molar-refractivity contribution in [2.75, 3.05) is 5.32 Å². The molecule has 0 radical (unpaired) electrons. The Bertz CT molecular complexity index is 1440. The average Bonchev–Trinajstić information content (AvgIpc) is 3.28. The Morgan fingerprint density at radius 2 is 1.59 bits per heavy atom. The molecule has 192 valence electrons. The molecular formula is C23H15F6N5O3. The van der Waals surface area contributed by atoms with Crippen LogP contribution in [0.2, 0.25) is 0 Å². The third-order valence-electron chi connectivity index (χ3n) is 5.12. The summed E-state index contributed by atoms with van der Waals surface area (Å²) in [5.41, 5.74) is -2.16. The number of hydrogen-bond acceptors (Lipinski definition) is 5. The first-order valence-electron chi connectivity index (χ1n) is 10.3. The van der Waals surface area contributed by atoms with E-state index in [2.05, 4.69) is 30.3 Å². The number of benzene rings is 2. The number of anilines is 1. The van der Waals surface area contributed by atoms with Crippen LogP contribution in [-0.2, 0) is 12.4 Å². The SMILES string of the molecule is O=C(Nc1ccc(-c2noc(=O)[nH]2)cc1)NC(c1ccc(C(F)(F)F)cc1)c1ncccc1C(F)(F)F. The number of H-pyrrole nitrogens is 1. The maximum atomic E-state index is 13.7. The first-order valence-corrected chi connectivity index (χ1v) is 10.3. The molecule has 3 N–H and O–H groups in total. The highest BCUT2D eigenvalue weighted by atomic mass is 19.4. The highest BCUT2D eigenvalue weighted by molar-refractivity contribution is 5.90. The summed E-state index contributed by atoms with van der Waals surface area (Å²) in [4.78, 5) is 29.9. The maximum absolute atomic E-state index is 13.7. The Balaban J connectivity index is 1.62. The van der Waals surface area contributed by atoms with E-state index in [-0.39, 0.29) is 17.1 Å². The summed E-state index contributed by atoms with van der Waals surface area (Å²) in [6, 6.07) is 8.47. The number of alkyl halides is 6. The molecule has 2 aromatic carbocycles. The predicted molar refractivity (Wildman–Crippen MR) is 117 cm³/mol. The second kappa shape index (κ2) is 9.79. The normalized spacial score (nSPS) is 12.7. The minimum absolute atomic E-state index is 0.0577. The molecule has 4 aromatic rings. The van der Waals surface area contributed by atoms with Gasteiger partial charge in [-0.25, -0.2) is 9.59 Å². The standard InChI is InChI=1S/C23H15F6N5O3/c24-22(25,26)14-7-3-12(4-8-14)17(18-16(23(27,28)29)2-1-11-30-18)32-20(35)31-15-9-5-13(6-10-15)19-33-21(36)37-34-19/h1-11,17H,(H2,31,32,35)(H,33,34,36). The summed E-state index contributed by atoms with van der Waals surface area (Å²) in [7, 11) is 0. The Labute approximate surface area is 203 Å². The van der Waals surface area contributed by atoms with E-state index in [1.54, 1.807) is 0 Å². The van der Waals surface area contributed by atoms with Gasteiger partial charge in [-0.05, 0) is 54.1 Å². The van der Waals surface area contributed by atoms with Crippen LogP contribution in [0.4, 0.5) is 36.8 Å². The van der Waals surface area contributed by atoms with E-state index < -0.39 is 47.0 Å². The monoisotopic (exact) mass is 523 g/mol. The molecule has 1 unspecified atom stereocenters. The minimum Gasteiger partial charge on any atom is -0.325 e. The van der Waals surface area contributed by atoms with Crippen LogP contribution in [-0.4, -0.2) is 21.2 Å². The summed E-state index contributed by atoms with van der Waals surface area (Å²) >= 11 is 0. The molecule has 4 rings (SSSR count). The van der Waals surface area contributed by atoms with E-state index in [0.29, 0.717) is 17.7 Å². The highest BCUT2D eigenvalue weighted by Gasteiger charge is 2.37. The van der Waals surface area contributed by atoms with Crippen LogP contribution in [0.1, 0.15) is 28.4 Å². The second-order valence-corrected chi connectivity index (χ2v) is 7.61. The summed E-state index contributed by atoms with van der Waals surface area (Å²) < 4.78 is 84.3. The van der Waals surface area contributed by atoms with Gasteiger partial charge in [0.25, 0.3) is 0 Å². The van der Waals surface area contributed by atoms with Crippen LogP contribution in [0.25, 0.3) is 11.4 Å². The number of urea groups is 1. The average molecular weight is 523 g/mol. The van der Waals surface area contributed by atoms with E-state index in [0.717, 1.165) is 30.5 Å². The van der Waals surface area contributed by atoms with E-state index in [1.165, 1.54) is 24.3 Å². The van der Waals surface area contributed by atoms with E-state index in [9.17, 15) is 35.9 Å². The highest BCUT2D eigenvalue weighted by Crippen LogP contribution is 2.36. The van der Waals surface area contributed by atoms with E-state index in [1.807, 2.05) is 0 Å². The molecule has 0 spiro atoms. The molecule has 8 nitrogen and oxygen atoms in total. The van der Waals surface area contributed by atoms with Crippen LogP contribution >= 0.6 is 0 Å². The molecule has 0 fully saturated rings. The van der Waals surface area contributed by atoms with Crippen LogP contribution in [0.5, 0.6) is 0 Å². The number of rotatable bonds is 5. The number of nitrogens with one attached hydrogen (secondary N) is 3. The lowest BCUT2D eigenvalue weighted by Gasteiger charge is -2.23. The first-order chi connectivity index (χ1) is 17.4. The number of aromatic amines is 1. The third-order valence-corrected chi connectivity index (χ3v) is 5.12. The number of carbonyl (C=O) groups is 1. The van der Waals surface area contributed by atoms with Crippen molar-refractivity contribution in [2.24, 2.45) is 0 Å². The van der Waals surface area contributed by atoms with Crippen LogP contribution < -0.4 is 16.4 Å². The van der Waals surface area contributed by atoms with Gasteiger partial charge < -0.3 is 10.6 Å². The maximum Gasteiger partial charge on any atom is 0.439 e. The van der Waals surface area contributed by atoms with E-state index in [4.69, 9.17) is 0 Å². The van der Waals surface area contributed by atoms with Gasteiger partial charge in [0.05, 0.1) is 22.9 Å². The minimum atomic E-state index is -4.84. The zero-order valence-corrected chi connectivity index (χ0v) is 18.3. The molecule has 0 aliphatic rings. The molecule has 0 aliphatic carbocycles. The number of amides is 2. The van der Waals surface area contributed by atoms with Gasteiger partial charge in [0.2, 0.25) is 0 Å². The molecule has 0 saturated carbocycles. The number of nitrogens with zero attached hydrogens (tertiary/aromatic N) is 2. The van der Waals surface area contributed by atoms with Crippen molar-refractivity contribution in [1.29, 1.82) is 0 Å². The lowest BCUT2D eigenvalue weighted by atomic mass is 9.98. The molecule has 0 bridgehead atoms. The van der Waals surface area contributed by atoms with Gasteiger partial charge in [0.15, 0.2) is 5.82 Å². The molecule has 0 saturated heterocycles. The largest absolute Gasteiger partial charge is 0.439 e. The number of carbonyl (C=O) groups excluding carboxylic acids is 1. The molecule has 14 heteroatoms. The van der Waals surface area contributed by atoms with Crippen LogP contribution in [0, 0.1) is 0 Å². The number of hydrogen-bond donors (Lipinski definition) is 3. The van der Waals surface area contributed by atoms with Crippen LogP contribution in [0.15, 0.2) is 76.2 Å². The van der Waals surface area contributed by atoms with Crippen molar-refractivity contribution in [3.8, 4) is 11.4 Å². The fourth-order valence-electron chi connectivity index (χ4n) is 3.43.